The van der Waals surface area contributed by atoms with E-state index in [2.05, 4.69) is 0 Å². The van der Waals surface area contributed by atoms with Crippen molar-refractivity contribution in [1.82, 2.24) is 0 Å². The molecule has 0 N–H and O–H groups in total. The first kappa shape index (κ1) is 13.2. The molecule has 0 rings (SSSR count). The fraction of sp³-hybridized carbons (Fsp3) is 1.00. The van der Waals surface area contributed by atoms with Crippen molar-refractivity contribution in [2.45, 2.75) is 0 Å². The molecule has 0 spiro atoms. The summed E-state index contributed by atoms with van der Waals surface area (Å²) in [6.45, 7) is 0. The molecule has 0 aliphatic carbocycles. The molecule has 0 radical (unpaired) electrons. The number of rotatable bonds is 2. The Morgan fingerprint density at radius 2 is 1.10 bits per heavy atom. The maximum atomic E-state index is 9.51. The topological polar surface area (TPSA) is 114 Å². The minimum Gasteiger partial charge on any atom is -0.747 e. The Morgan fingerprint density at radius 3 is 1.10 bits per heavy atom. The van der Waals surface area contributed by atoms with Gasteiger partial charge in [0.05, 0.1) is 0 Å². The Balaban J connectivity index is 0. The molecule has 0 aromatic heterocycles. The molecule has 0 heterocycles. The zero-order chi connectivity index (χ0) is 7.71. The minimum absolute atomic E-state index is 0. The van der Waals surface area contributed by atoms with Gasteiger partial charge in [0.1, 0.15) is 25.3 Å². The molecule has 0 saturated carbocycles. The Morgan fingerprint density at radius 1 is 0.900 bits per heavy atom. The van der Waals surface area contributed by atoms with E-state index in [4.69, 9.17) is 0 Å². The number of hydrogen-bond donors (Lipinski definition) is 0. The predicted molar refractivity (Wildman–Crippen MR) is 30.0 cm³/mol. The van der Waals surface area contributed by atoms with Crippen molar-refractivity contribution < 1.29 is 25.9 Å². The second-order valence-corrected chi connectivity index (χ2v) is 4.41. The summed E-state index contributed by atoms with van der Waals surface area (Å²) >= 11 is 0. The largest absolute Gasteiger partial charge is 2.00 e. The van der Waals surface area contributed by atoms with Gasteiger partial charge in [-0.1, -0.05) is 0 Å². The summed E-state index contributed by atoms with van der Waals surface area (Å²) in [6, 6.07) is 0. The molecular formula is CH2MgO6S2. The Kier molecular flexibility index (Phi) is 5.05. The van der Waals surface area contributed by atoms with Crippen molar-refractivity contribution in [3.05, 3.63) is 0 Å². The summed E-state index contributed by atoms with van der Waals surface area (Å²) in [7, 11) is -9.86. The van der Waals surface area contributed by atoms with Gasteiger partial charge in [-0.2, -0.15) is 0 Å². The maximum absolute atomic E-state index is 9.51. The number of hydrogen-bond acceptors (Lipinski definition) is 6. The molecular weight excluding hydrogens is 196 g/mol. The molecule has 0 aliphatic rings. The molecule has 0 amide bonds. The average molecular weight is 198 g/mol. The van der Waals surface area contributed by atoms with Crippen molar-refractivity contribution in [2.24, 2.45) is 0 Å². The van der Waals surface area contributed by atoms with E-state index in [1.165, 1.54) is 0 Å². The van der Waals surface area contributed by atoms with Crippen molar-refractivity contribution in [2.75, 3.05) is 5.08 Å². The van der Waals surface area contributed by atoms with Crippen LogP contribution >= 0.6 is 0 Å². The smallest absolute Gasteiger partial charge is 0.747 e. The molecule has 6 nitrogen and oxygen atoms in total. The van der Waals surface area contributed by atoms with Gasteiger partial charge in [-0.05, 0) is 0 Å². The first-order chi connectivity index (χ1) is 3.71. The summed E-state index contributed by atoms with van der Waals surface area (Å²) in [4.78, 5) is 0. The third kappa shape index (κ3) is 11.4. The van der Waals surface area contributed by atoms with Crippen LogP contribution in [0, 0.1) is 0 Å². The van der Waals surface area contributed by atoms with Crippen molar-refractivity contribution in [1.29, 1.82) is 0 Å². The van der Waals surface area contributed by atoms with Gasteiger partial charge in [0.25, 0.3) is 0 Å². The van der Waals surface area contributed by atoms with Crippen LogP contribution in [0.25, 0.3) is 0 Å². The standard InChI is InChI=1S/CH4O6S2.Mg/c2-8(3,4)1-9(5,6)7;/h1H2,(H,2,3,4)(H,5,6,7);/q;+2/p-2. The van der Waals surface area contributed by atoms with E-state index in [1.54, 1.807) is 0 Å². The normalized spacial score (nSPS) is 12.2. The summed E-state index contributed by atoms with van der Waals surface area (Å²) in [5.74, 6) is 0. The predicted octanol–water partition coefficient (Wildman–Crippen LogP) is -2.35. The zero-order valence-corrected chi connectivity index (χ0v) is 7.73. The van der Waals surface area contributed by atoms with E-state index in [0.717, 1.165) is 0 Å². The summed E-state index contributed by atoms with van der Waals surface area (Å²) in [5, 5.41) is -1.88. The van der Waals surface area contributed by atoms with Gasteiger partial charge >= 0.3 is 23.1 Å². The quantitative estimate of drug-likeness (QED) is 0.363. The SMILES string of the molecule is O=S(=O)([O-])CS(=O)(=O)[O-].[Mg+2]. The molecule has 0 aliphatic heterocycles. The third-order valence-corrected chi connectivity index (χ3v) is 2.60. The van der Waals surface area contributed by atoms with Gasteiger partial charge in [0, 0.05) is 0 Å². The molecule has 0 fully saturated rings. The van der Waals surface area contributed by atoms with Crippen molar-refractivity contribution in [3.8, 4) is 0 Å². The van der Waals surface area contributed by atoms with Crippen molar-refractivity contribution >= 4 is 43.3 Å². The zero-order valence-electron chi connectivity index (χ0n) is 4.68. The minimum atomic E-state index is -4.93. The summed E-state index contributed by atoms with van der Waals surface area (Å²) in [5.41, 5.74) is 0. The second-order valence-electron chi connectivity index (χ2n) is 1.23. The van der Waals surface area contributed by atoms with E-state index in [0.29, 0.717) is 0 Å². The van der Waals surface area contributed by atoms with Gasteiger partial charge in [-0.25, -0.2) is 16.8 Å². The van der Waals surface area contributed by atoms with Gasteiger partial charge in [0.2, 0.25) is 0 Å². The molecule has 56 valence electrons. The van der Waals surface area contributed by atoms with Gasteiger partial charge in [0.15, 0.2) is 0 Å². The van der Waals surface area contributed by atoms with Crippen LogP contribution in [0.15, 0.2) is 0 Å². The molecule has 0 aromatic rings. The fourth-order valence-corrected chi connectivity index (χ4v) is 1.59. The Bertz CT molecular complexity index is 241. The van der Waals surface area contributed by atoms with E-state index < -0.39 is 25.3 Å². The molecule has 0 atom stereocenters. The van der Waals surface area contributed by atoms with E-state index in [9.17, 15) is 25.9 Å². The Hall–Kier alpha value is 0.586. The Labute approximate surface area is 74.3 Å². The molecule has 10 heavy (non-hydrogen) atoms. The van der Waals surface area contributed by atoms with Crippen LogP contribution in [0.3, 0.4) is 0 Å². The maximum Gasteiger partial charge on any atom is 2.00 e. The molecule has 0 aromatic carbocycles. The summed E-state index contributed by atoms with van der Waals surface area (Å²) in [6.07, 6.45) is 0. The second kappa shape index (κ2) is 3.83. The van der Waals surface area contributed by atoms with Crippen LogP contribution in [0.5, 0.6) is 0 Å². The first-order valence-electron chi connectivity index (χ1n) is 1.58. The van der Waals surface area contributed by atoms with Gasteiger partial charge in [-0.3, -0.25) is 0 Å². The summed E-state index contributed by atoms with van der Waals surface area (Å²) < 4.78 is 57.1. The van der Waals surface area contributed by atoms with Crippen LogP contribution in [-0.2, 0) is 20.2 Å². The van der Waals surface area contributed by atoms with Crippen LogP contribution in [0.4, 0.5) is 0 Å². The van der Waals surface area contributed by atoms with Gasteiger partial charge in [-0.15, -0.1) is 0 Å². The molecule has 9 heteroatoms. The third-order valence-electron chi connectivity index (χ3n) is 0.289. The first-order valence-corrected chi connectivity index (χ1v) is 4.73. The van der Waals surface area contributed by atoms with E-state index in [1.807, 2.05) is 0 Å². The van der Waals surface area contributed by atoms with Crippen LogP contribution in [-0.4, -0.2) is 54.1 Å². The van der Waals surface area contributed by atoms with Crippen LogP contribution in [0.2, 0.25) is 0 Å². The van der Waals surface area contributed by atoms with Crippen molar-refractivity contribution in [3.63, 3.8) is 0 Å². The fourth-order valence-electron chi connectivity index (χ4n) is 0.177. The molecule has 0 saturated heterocycles. The monoisotopic (exact) mass is 198 g/mol. The van der Waals surface area contributed by atoms with Gasteiger partial charge < -0.3 is 9.11 Å². The van der Waals surface area contributed by atoms with E-state index >= 15 is 0 Å². The molecule has 0 bridgehead atoms. The van der Waals surface area contributed by atoms with Crippen LogP contribution < -0.4 is 0 Å². The molecule has 0 unspecified atom stereocenters. The van der Waals surface area contributed by atoms with E-state index in [-0.39, 0.29) is 23.1 Å². The van der Waals surface area contributed by atoms with Crippen LogP contribution in [0.1, 0.15) is 0 Å². The average Bonchev–Trinajstić information content (AvgIpc) is 1.14.